The van der Waals surface area contributed by atoms with Crippen LogP contribution in [-0.4, -0.2) is 6.08 Å². The molecule has 0 amide bonds. The Labute approximate surface area is 87.8 Å². The zero-order valence-corrected chi connectivity index (χ0v) is 9.30. The molecule has 0 aliphatic rings. The molecule has 1 radical (unpaired) electrons. The average Bonchev–Trinajstić information content (AvgIpc) is 2.21. The molecule has 0 saturated carbocycles. The van der Waals surface area contributed by atoms with Crippen LogP contribution in [0.2, 0.25) is 0 Å². The van der Waals surface area contributed by atoms with Crippen LogP contribution in [0.25, 0.3) is 0 Å². The van der Waals surface area contributed by atoms with Crippen molar-refractivity contribution < 1.29 is 4.79 Å². The summed E-state index contributed by atoms with van der Waals surface area (Å²) in [5.41, 5.74) is 0. The lowest BCUT2D eigenvalue weighted by atomic mass is 10.1. The molecule has 0 N–H and O–H groups in total. The number of hydrogen-bond acceptors (Lipinski definition) is 2. The highest BCUT2D eigenvalue weighted by molar-refractivity contribution is 5.33. The van der Waals surface area contributed by atoms with E-state index in [1.54, 1.807) is 6.54 Å². The Kier molecular flexibility index (Phi) is 11.8. The number of unbranched alkanes of at least 4 members (excludes halogenated alkanes) is 8. The van der Waals surface area contributed by atoms with E-state index >= 15 is 0 Å². The fraction of sp³-hybridized carbons (Fsp3) is 0.833. The van der Waals surface area contributed by atoms with Crippen molar-refractivity contribution in [2.75, 3.05) is 0 Å². The number of isocyanates is 1. The van der Waals surface area contributed by atoms with Crippen LogP contribution in [0.3, 0.4) is 0 Å². The van der Waals surface area contributed by atoms with Crippen LogP contribution < -0.4 is 0 Å². The number of aliphatic imine (C=N–C) groups is 1. The van der Waals surface area contributed by atoms with Gasteiger partial charge in [0.15, 0.2) is 0 Å². The molecule has 0 unspecified atom stereocenters. The molecule has 0 fully saturated rings. The topological polar surface area (TPSA) is 29.4 Å². The summed E-state index contributed by atoms with van der Waals surface area (Å²) in [5.74, 6) is 0. The molecule has 0 aliphatic carbocycles. The Morgan fingerprint density at radius 3 is 2.14 bits per heavy atom. The fourth-order valence-corrected chi connectivity index (χ4v) is 1.47. The quantitative estimate of drug-likeness (QED) is 0.295. The molecule has 0 aromatic carbocycles. The molecule has 0 heterocycles. The van der Waals surface area contributed by atoms with Gasteiger partial charge < -0.3 is 0 Å². The van der Waals surface area contributed by atoms with E-state index in [0.29, 0.717) is 0 Å². The van der Waals surface area contributed by atoms with E-state index in [4.69, 9.17) is 0 Å². The molecule has 0 spiro atoms. The van der Waals surface area contributed by atoms with Gasteiger partial charge in [-0.2, -0.15) is 0 Å². The molecule has 81 valence electrons. The molecular weight excluding hydrogens is 174 g/mol. The minimum absolute atomic E-state index is 0.921. The highest BCUT2D eigenvalue weighted by Gasteiger charge is 1.91. The second-order valence-corrected chi connectivity index (χ2v) is 3.67. The van der Waals surface area contributed by atoms with Crippen LogP contribution in [0.1, 0.15) is 64.7 Å². The highest BCUT2D eigenvalue weighted by Crippen LogP contribution is 2.09. The minimum Gasteiger partial charge on any atom is -0.211 e. The van der Waals surface area contributed by atoms with Gasteiger partial charge in [-0.15, -0.1) is 0 Å². The van der Waals surface area contributed by atoms with Crippen LogP contribution >= 0.6 is 0 Å². The Morgan fingerprint density at radius 2 is 1.57 bits per heavy atom. The largest absolute Gasteiger partial charge is 0.235 e. The highest BCUT2D eigenvalue weighted by atomic mass is 16.1. The molecule has 0 aromatic heterocycles. The standard InChI is InChI=1S/C12H22NO/c1-2-3-4-5-6-7-8-9-10-11-13-12-14/h11H,2-10H2,1H3. The van der Waals surface area contributed by atoms with E-state index in [1.807, 2.05) is 0 Å². The lowest BCUT2D eigenvalue weighted by Gasteiger charge is -1.99. The van der Waals surface area contributed by atoms with Gasteiger partial charge in [0.25, 0.3) is 0 Å². The van der Waals surface area contributed by atoms with Crippen molar-refractivity contribution in [2.45, 2.75) is 64.7 Å². The zero-order chi connectivity index (χ0) is 10.5. The lowest BCUT2D eigenvalue weighted by Crippen LogP contribution is -1.80. The third kappa shape index (κ3) is 11.4. The molecule has 0 rings (SSSR count). The van der Waals surface area contributed by atoms with Gasteiger partial charge in [0.2, 0.25) is 6.08 Å². The normalized spacial score (nSPS) is 9.79. The number of rotatable bonds is 10. The van der Waals surface area contributed by atoms with Gasteiger partial charge in [-0.1, -0.05) is 58.3 Å². The summed E-state index contributed by atoms with van der Waals surface area (Å²) in [6.45, 7) is 3.90. The maximum absolute atomic E-state index is 9.72. The monoisotopic (exact) mass is 196 g/mol. The molecule has 0 saturated heterocycles. The third-order valence-electron chi connectivity index (χ3n) is 2.33. The van der Waals surface area contributed by atoms with Crippen molar-refractivity contribution in [3.8, 4) is 0 Å². The van der Waals surface area contributed by atoms with E-state index < -0.39 is 0 Å². The number of carbonyl (C=O) groups excluding carboxylic acids is 1. The summed E-state index contributed by atoms with van der Waals surface area (Å²) in [4.78, 5) is 13.1. The van der Waals surface area contributed by atoms with Crippen LogP contribution in [0.15, 0.2) is 4.99 Å². The predicted octanol–water partition coefficient (Wildman–Crippen LogP) is 4.01. The second-order valence-electron chi connectivity index (χ2n) is 3.67. The summed E-state index contributed by atoms with van der Waals surface area (Å²) in [6, 6.07) is 0. The van der Waals surface area contributed by atoms with E-state index in [0.717, 1.165) is 12.8 Å². The van der Waals surface area contributed by atoms with Crippen molar-refractivity contribution in [2.24, 2.45) is 4.99 Å². The zero-order valence-electron chi connectivity index (χ0n) is 9.30. The summed E-state index contributed by atoms with van der Waals surface area (Å²) in [6.07, 6.45) is 13.0. The van der Waals surface area contributed by atoms with Crippen LogP contribution in [-0.2, 0) is 4.79 Å². The van der Waals surface area contributed by atoms with Crippen LogP contribution in [0, 0.1) is 6.54 Å². The van der Waals surface area contributed by atoms with Gasteiger partial charge >= 0.3 is 0 Å². The van der Waals surface area contributed by atoms with E-state index in [-0.39, 0.29) is 0 Å². The predicted molar refractivity (Wildman–Crippen MR) is 59.6 cm³/mol. The first-order valence-electron chi connectivity index (χ1n) is 5.80. The minimum atomic E-state index is 0.921. The molecule has 0 bridgehead atoms. The fourth-order valence-electron chi connectivity index (χ4n) is 1.47. The van der Waals surface area contributed by atoms with Gasteiger partial charge in [0, 0.05) is 0 Å². The molecule has 14 heavy (non-hydrogen) atoms. The van der Waals surface area contributed by atoms with Crippen molar-refractivity contribution in [3.63, 3.8) is 0 Å². The maximum atomic E-state index is 9.72. The average molecular weight is 196 g/mol. The number of nitrogens with zero attached hydrogens (tertiary/aromatic N) is 1. The van der Waals surface area contributed by atoms with Crippen molar-refractivity contribution >= 4 is 6.08 Å². The summed E-state index contributed by atoms with van der Waals surface area (Å²) < 4.78 is 0. The first kappa shape index (κ1) is 13.4. The van der Waals surface area contributed by atoms with E-state index in [1.165, 1.54) is 51.0 Å². The molecule has 2 heteroatoms. The van der Waals surface area contributed by atoms with Crippen molar-refractivity contribution in [1.29, 1.82) is 0 Å². The van der Waals surface area contributed by atoms with Crippen molar-refractivity contribution in [3.05, 3.63) is 6.54 Å². The molecule has 2 nitrogen and oxygen atoms in total. The van der Waals surface area contributed by atoms with Gasteiger partial charge in [0.05, 0.1) is 6.54 Å². The first-order chi connectivity index (χ1) is 6.91. The van der Waals surface area contributed by atoms with Crippen molar-refractivity contribution in [1.82, 2.24) is 0 Å². The molecule has 0 atom stereocenters. The number of hydrogen-bond donors (Lipinski definition) is 0. The van der Waals surface area contributed by atoms with Crippen LogP contribution in [0.4, 0.5) is 0 Å². The Balaban J connectivity index is 2.88. The Hall–Kier alpha value is -0.620. The SMILES string of the molecule is CCCCCCCCCC[CH]N=C=O. The van der Waals surface area contributed by atoms with Crippen LogP contribution in [0.5, 0.6) is 0 Å². The lowest BCUT2D eigenvalue weighted by molar-refractivity contribution is 0.561. The summed E-state index contributed by atoms with van der Waals surface area (Å²) in [7, 11) is 0. The molecular formula is C12H22NO. The maximum Gasteiger partial charge on any atom is 0.235 e. The molecule has 0 aromatic rings. The Bertz CT molecular complexity index is 150. The summed E-state index contributed by atoms with van der Waals surface area (Å²) >= 11 is 0. The smallest absolute Gasteiger partial charge is 0.211 e. The van der Waals surface area contributed by atoms with Gasteiger partial charge in [-0.05, 0) is 6.42 Å². The van der Waals surface area contributed by atoms with E-state index in [2.05, 4.69) is 11.9 Å². The Morgan fingerprint density at radius 1 is 1.00 bits per heavy atom. The second kappa shape index (κ2) is 12.4. The van der Waals surface area contributed by atoms with Gasteiger partial charge in [-0.25, -0.2) is 9.79 Å². The van der Waals surface area contributed by atoms with E-state index in [9.17, 15) is 4.79 Å². The first-order valence-corrected chi connectivity index (χ1v) is 5.80. The summed E-state index contributed by atoms with van der Waals surface area (Å²) in [5, 5.41) is 0. The third-order valence-corrected chi connectivity index (χ3v) is 2.33. The molecule has 0 aliphatic heterocycles. The van der Waals surface area contributed by atoms with Gasteiger partial charge in [-0.3, -0.25) is 0 Å². The van der Waals surface area contributed by atoms with Gasteiger partial charge in [0.1, 0.15) is 0 Å².